The molecule has 0 aliphatic heterocycles. The van der Waals surface area contributed by atoms with Crippen molar-refractivity contribution in [1.29, 1.82) is 0 Å². The number of aryl methyl sites for hydroxylation is 1. The molecule has 0 amide bonds. The van der Waals surface area contributed by atoms with E-state index < -0.39 is 0 Å². The van der Waals surface area contributed by atoms with Gasteiger partial charge >= 0.3 is 0 Å². The monoisotopic (exact) mass is 256 g/mol. The van der Waals surface area contributed by atoms with Crippen molar-refractivity contribution < 1.29 is 0 Å². The lowest BCUT2D eigenvalue weighted by Crippen LogP contribution is -2.00. The average molecular weight is 256 g/mol. The molecular weight excluding hydrogens is 240 g/mol. The molecule has 88 valence electrons. The van der Waals surface area contributed by atoms with Crippen LogP contribution in [0.3, 0.4) is 0 Å². The molecular formula is C10H16N4S2. The third-order valence-corrected chi connectivity index (χ3v) is 3.04. The summed E-state index contributed by atoms with van der Waals surface area (Å²) in [5.74, 6) is 0. The minimum absolute atomic E-state index is 0.797. The van der Waals surface area contributed by atoms with Gasteiger partial charge < -0.3 is 0 Å². The van der Waals surface area contributed by atoms with E-state index in [0.717, 1.165) is 21.5 Å². The molecule has 0 aliphatic rings. The molecule has 2 rings (SSSR count). The standard InChI is InChI=1S/C8H10N4S2.C2H6/c1-5-4-9-12-6(5)10-7(13-2)11-8(12)14-3;1-2/h4H,1-3H3;1-2H3. The summed E-state index contributed by atoms with van der Waals surface area (Å²) in [6.07, 6.45) is 5.78. The van der Waals surface area contributed by atoms with Crippen molar-refractivity contribution in [3.05, 3.63) is 11.8 Å². The highest BCUT2D eigenvalue weighted by atomic mass is 32.2. The number of thioether (sulfide) groups is 2. The van der Waals surface area contributed by atoms with Gasteiger partial charge in [0.2, 0.25) is 0 Å². The van der Waals surface area contributed by atoms with Crippen LogP contribution in [0.25, 0.3) is 5.65 Å². The van der Waals surface area contributed by atoms with E-state index in [4.69, 9.17) is 0 Å². The topological polar surface area (TPSA) is 43.1 Å². The number of aromatic nitrogens is 4. The molecule has 16 heavy (non-hydrogen) atoms. The normalized spacial score (nSPS) is 10.1. The Bertz CT molecular complexity index is 467. The fourth-order valence-electron chi connectivity index (χ4n) is 1.17. The zero-order valence-corrected chi connectivity index (χ0v) is 11.8. The van der Waals surface area contributed by atoms with Crippen LogP contribution in [0.5, 0.6) is 0 Å². The molecule has 0 aromatic carbocycles. The van der Waals surface area contributed by atoms with Crippen LogP contribution >= 0.6 is 23.5 Å². The fourth-order valence-corrected chi connectivity index (χ4v) is 2.07. The number of fused-ring (bicyclic) bond motifs is 1. The Labute approximate surface area is 104 Å². The molecule has 2 aromatic rings. The maximum Gasteiger partial charge on any atom is 0.193 e. The lowest BCUT2D eigenvalue weighted by Gasteiger charge is -2.02. The van der Waals surface area contributed by atoms with Gasteiger partial charge in [0, 0.05) is 5.56 Å². The summed E-state index contributed by atoms with van der Waals surface area (Å²) in [6.45, 7) is 6.00. The molecule has 0 spiro atoms. The Morgan fingerprint density at radius 2 is 1.81 bits per heavy atom. The summed E-state index contributed by atoms with van der Waals surface area (Å²) in [4.78, 5) is 8.77. The Morgan fingerprint density at radius 1 is 1.12 bits per heavy atom. The van der Waals surface area contributed by atoms with E-state index in [9.17, 15) is 0 Å². The molecule has 0 unspecified atom stereocenters. The van der Waals surface area contributed by atoms with Crippen LogP contribution in [-0.2, 0) is 0 Å². The van der Waals surface area contributed by atoms with Gasteiger partial charge in [-0.25, -0.2) is 4.98 Å². The molecule has 0 bridgehead atoms. The quantitative estimate of drug-likeness (QED) is 0.773. The van der Waals surface area contributed by atoms with Gasteiger partial charge in [0.25, 0.3) is 0 Å². The number of nitrogens with zero attached hydrogens (tertiary/aromatic N) is 4. The third-order valence-electron chi connectivity index (χ3n) is 1.86. The van der Waals surface area contributed by atoms with E-state index in [-0.39, 0.29) is 0 Å². The van der Waals surface area contributed by atoms with Crippen molar-refractivity contribution in [1.82, 2.24) is 19.6 Å². The molecule has 2 heterocycles. The van der Waals surface area contributed by atoms with E-state index in [1.54, 1.807) is 28.0 Å². The van der Waals surface area contributed by atoms with Gasteiger partial charge in [0.1, 0.15) is 0 Å². The van der Waals surface area contributed by atoms with Crippen molar-refractivity contribution in [2.75, 3.05) is 12.5 Å². The molecule has 0 fully saturated rings. The molecule has 0 saturated heterocycles. The van der Waals surface area contributed by atoms with Crippen LogP contribution in [0, 0.1) is 6.92 Å². The van der Waals surface area contributed by atoms with Crippen LogP contribution in [0.2, 0.25) is 0 Å². The smallest absolute Gasteiger partial charge is 0.193 e. The first-order chi connectivity index (χ1) is 7.76. The lowest BCUT2D eigenvalue weighted by atomic mass is 10.4. The first-order valence-corrected chi connectivity index (χ1v) is 7.51. The van der Waals surface area contributed by atoms with Crippen LogP contribution in [0.1, 0.15) is 19.4 Å². The summed E-state index contributed by atoms with van der Waals surface area (Å²) in [6, 6.07) is 0. The fraction of sp³-hybridized carbons (Fsp3) is 0.500. The molecule has 0 N–H and O–H groups in total. The van der Waals surface area contributed by atoms with E-state index >= 15 is 0 Å². The van der Waals surface area contributed by atoms with Crippen LogP contribution in [0.4, 0.5) is 0 Å². The lowest BCUT2D eigenvalue weighted by molar-refractivity contribution is 0.723. The summed E-state index contributed by atoms with van der Waals surface area (Å²) < 4.78 is 1.78. The van der Waals surface area contributed by atoms with E-state index in [1.807, 2.05) is 39.5 Å². The minimum atomic E-state index is 0.797. The zero-order chi connectivity index (χ0) is 12.1. The van der Waals surface area contributed by atoms with Crippen molar-refractivity contribution in [3.8, 4) is 0 Å². The van der Waals surface area contributed by atoms with Gasteiger partial charge in [-0.05, 0) is 19.4 Å². The number of hydrogen-bond donors (Lipinski definition) is 0. The Morgan fingerprint density at radius 3 is 2.38 bits per heavy atom. The second kappa shape index (κ2) is 6.10. The van der Waals surface area contributed by atoms with Crippen molar-refractivity contribution >= 4 is 29.2 Å². The second-order valence-corrected chi connectivity index (χ2v) is 4.31. The van der Waals surface area contributed by atoms with Gasteiger partial charge in [-0.1, -0.05) is 37.4 Å². The highest BCUT2D eigenvalue weighted by Crippen LogP contribution is 2.19. The molecule has 0 aliphatic carbocycles. The van der Waals surface area contributed by atoms with Gasteiger partial charge in [-0.2, -0.15) is 14.6 Å². The average Bonchev–Trinajstić information content (AvgIpc) is 2.72. The molecule has 6 heteroatoms. The highest BCUT2D eigenvalue weighted by molar-refractivity contribution is 7.99. The molecule has 0 atom stereocenters. The maximum absolute atomic E-state index is 4.40. The number of rotatable bonds is 2. The number of hydrogen-bond acceptors (Lipinski definition) is 5. The predicted molar refractivity (Wildman–Crippen MR) is 70.4 cm³/mol. The first kappa shape index (κ1) is 13.3. The van der Waals surface area contributed by atoms with Crippen molar-refractivity contribution in [2.45, 2.75) is 31.1 Å². The highest BCUT2D eigenvalue weighted by Gasteiger charge is 2.08. The third kappa shape index (κ3) is 2.49. The van der Waals surface area contributed by atoms with Crippen LogP contribution in [-0.4, -0.2) is 32.1 Å². The van der Waals surface area contributed by atoms with Gasteiger partial charge in [0.15, 0.2) is 16.0 Å². The van der Waals surface area contributed by atoms with Gasteiger partial charge in [-0.3, -0.25) is 0 Å². The summed E-state index contributed by atoms with van der Waals surface area (Å²) in [5.41, 5.74) is 1.98. The maximum atomic E-state index is 4.40. The van der Waals surface area contributed by atoms with Crippen molar-refractivity contribution in [2.24, 2.45) is 0 Å². The SMILES string of the molecule is CC.CSc1nc(SC)n2ncc(C)c2n1. The molecule has 0 radical (unpaired) electrons. The van der Waals surface area contributed by atoms with Crippen LogP contribution in [0.15, 0.2) is 16.5 Å². The Balaban J connectivity index is 0.000000606. The largest absolute Gasteiger partial charge is 0.203 e. The van der Waals surface area contributed by atoms with Gasteiger partial charge in [0.05, 0.1) is 6.20 Å². The van der Waals surface area contributed by atoms with E-state index in [0.29, 0.717) is 0 Å². The summed E-state index contributed by atoms with van der Waals surface area (Å²) >= 11 is 3.13. The predicted octanol–water partition coefficient (Wildman–Crippen LogP) is 2.90. The molecule has 0 saturated carbocycles. The zero-order valence-electron chi connectivity index (χ0n) is 10.2. The molecule has 2 aromatic heterocycles. The summed E-state index contributed by atoms with van der Waals surface area (Å²) in [5, 5.41) is 5.90. The Kier molecular flexibility index (Phi) is 5.08. The summed E-state index contributed by atoms with van der Waals surface area (Å²) in [7, 11) is 0. The first-order valence-electron chi connectivity index (χ1n) is 5.06. The van der Waals surface area contributed by atoms with Gasteiger partial charge in [-0.15, -0.1) is 0 Å². The second-order valence-electron chi connectivity index (χ2n) is 2.76. The Hall–Kier alpha value is -0.750. The van der Waals surface area contributed by atoms with Crippen molar-refractivity contribution in [3.63, 3.8) is 0 Å². The minimum Gasteiger partial charge on any atom is -0.203 e. The van der Waals surface area contributed by atoms with Crippen LogP contribution < -0.4 is 0 Å². The van der Waals surface area contributed by atoms with E-state index in [2.05, 4.69) is 15.1 Å². The molecule has 4 nitrogen and oxygen atoms in total. The van der Waals surface area contributed by atoms with E-state index in [1.165, 1.54) is 0 Å².